The Morgan fingerprint density at radius 1 is 1.00 bits per heavy atom. The van der Waals surface area contributed by atoms with Gasteiger partial charge in [-0.1, -0.05) is 18.2 Å². The summed E-state index contributed by atoms with van der Waals surface area (Å²) in [6, 6.07) is 13.0. The number of carbonyl (C=O) groups excluding carboxylic acids is 2. The molecule has 42 heavy (non-hydrogen) atoms. The van der Waals surface area contributed by atoms with Crippen molar-refractivity contribution in [2.45, 2.75) is 56.1 Å². The number of piperidine rings is 2. The second-order valence-corrected chi connectivity index (χ2v) is 13.5. The van der Waals surface area contributed by atoms with E-state index in [9.17, 15) is 18.0 Å². The molecule has 226 valence electrons. The van der Waals surface area contributed by atoms with Crippen LogP contribution in [0.4, 0.5) is 10.5 Å². The summed E-state index contributed by atoms with van der Waals surface area (Å²) in [6.45, 7) is 3.43. The number of methoxy groups -OCH3 is 1. The van der Waals surface area contributed by atoms with E-state index in [0.29, 0.717) is 81.9 Å². The minimum absolute atomic E-state index is 0.0445. The Bertz CT molecular complexity index is 1410. The predicted octanol–water partition coefficient (Wildman–Crippen LogP) is 2.99. The zero-order valence-corrected chi connectivity index (χ0v) is 24.7. The summed E-state index contributed by atoms with van der Waals surface area (Å²) < 4.78 is 44.6. The van der Waals surface area contributed by atoms with Gasteiger partial charge in [-0.2, -0.15) is 0 Å². The average molecular weight is 599 g/mol. The molecule has 1 atom stereocenters. The molecular weight excluding hydrogens is 560 g/mol. The number of anilines is 1. The van der Waals surface area contributed by atoms with Gasteiger partial charge in [0.1, 0.15) is 24.2 Å². The number of likely N-dealkylation sites (tertiary alicyclic amines) is 1. The average Bonchev–Trinajstić information content (AvgIpc) is 3.58. The lowest BCUT2D eigenvalue weighted by Gasteiger charge is -2.40. The van der Waals surface area contributed by atoms with E-state index in [4.69, 9.17) is 14.2 Å². The number of amides is 2. The number of fused-ring (bicyclic) bond motifs is 1. The summed E-state index contributed by atoms with van der Waals surface area (Å²) in [5.41, 5.74) is 2.33. The number of ether oxygens (including phenoxy) is 3. The van der Waals surface area contributed by atoms with E-state index < -0.39 is 10.0 Å². The molecule has 0 spiro atoms. The van der Waals surface area contributed by atoms with Crippen molar-refractivity contribution in [2.24, 2.45) is 0 Å². The monoisotopic (exact) mass is 598 g/mol. The highest BCUT2D eigenvalue weighted by Crippen LogP contribution is 2.33. The Balaban J connectivity index is 1.05. The first-order valence-electron chi connectivity index (χ1n) is 14.7. The van der Waals surface area contributed by atoms with Gasteiger partial charge in [0.2, 0.25) is 10.0 Å². The van der Waals surface area contributed by atoms with E-state index in [1.54, 1.807) is 32.3 Å². The summed E-state index contributed by atoms with van der Waals surface area (Å²) in [5, 5.41) is 2.80. The highest BCUT2D eigenvalue weighted by molar-refractivity contribution is 7.89. The molecule has 0 saturated carbocycles. The molecule has 12 heteroatoms. The van der Waals surface area contributed by atoms with Crippen molar-refractivity contribution in [3.63, 3.8) is 0 Å². The van der Waals surface area contributed by atoms with Gasteiger partial charge in [0.05, 0.1) is 23.6 Å². The van der Waals surface area contributed by atoms with Crippen LogP contribution in [0.2, 0.25) is 0 Å². The van der Waals surface area contributed by atoms with Crippen LogP contribution >= 0.6 is 0 Å². The molecule has 1 unspecified atom stereocenters. The maximum absolute atomic E-state index is 13.5. The minimum Gasteiger partial charge on any atom is -0.496 e. The van der Waals surface area contributed by atoms with E-state index in [2.05, 4.69) is 5.32 Å². The summed E-state index contributed by atoms with van der Waals surface area (Å²) in [4.78, 5) is 29.7. The number of nitrogens with one attached hydrogen (secondary N) is 1. The third-order valence-corrected chi connectivity index (χ3v) is 11.1. The third-order valence-electron chi connectivity index (χ3n) is 8.82. The van der Waals surface area contributed by atoms with Crippen LogP contribution in [0, 0.1) is 0 Å². The lowest BCUT2D eigenvalue weighted by Crippen LogP contribution is -2.50. The molecule has 0 aromatic heterocycles. The zero-order valence-electron chi connectivity index (χ0n) is 23.9. The van der Waals surface area contributed by atoms with Crippen molar-refractivity contribution >= 4 is 27.7 Å². The molecule has 0 bridgehead atoms. The van der Waals surface area contributed by atoms with Gasteiger partial charge in [-0.15, -0.1) is 0 Å². The molecule has 2 aromatic rings. The quantitative estimate of drug-likeness (QED) is 0.517. The Hall–Kier alpha value is -3.35. The molecule has 3 fully saturated rings. The molecule has 0 radical (unpaired) electrons. The number of cyclic esters (lactones) is 1. The highest BCUT2D eigenvalue weighted by atomic mass is 32.2. The molecule has 3 saturated heterocycles. The van der Waals surface area contributed by atoms with Crippen LogP contribution in [0.5, 0.6) is 11.5 Å². The number of sulfonamides is 1. The third kappa shape index (κ3) is 5.67. The second-order valence-electron chi connectivity index (χ2n) is 11.3. The number of nitrogens with zero attached hydrogens (tertiary/aromatic N) is 3. The number of rotatable bonds is 7. The Kier molecular flexibility index (Phi) is 8.28. The smallest absolute Gasteiger partial charge is 0.414 e. The Morgan fingerprint density at radius 3 is 2.48 bits per heavy atom. The maximum Gasteiger partial charge on any atom is 0.414 e. The highest BCUT2D eigenvalue weighted by Gasteiger charge is 2.37. The van der Waals surface area contributed by atoms with Crippen molar-refractivity contribution in [3.05, 3.63) is 53.6 Å². The van der Waals surface area contributed by atoms with Crippen molar-refractivity contribution in [2.75, 3.05) is 51.3 Å². The first-order valence-corrected chi connectivity index (χ1v) is 16.2. The molecule has 0 aliphatic carbocycles. The van der Waals surface area contributed by atoms with Crippen LogP contribution in [0.1, 0.15) is 48.0 Å². The topological polar surface area (TPSA) is 118 Å². The maximum atomic E-state index is 13.5. The molecule has 1 N–H and O–H groups in total. The molecule has 4 aliphatic heterocycles. The predicted molar refractivity (Wildman–Crippen MR) is 156 cm³/mol. The van der Waals surface area contributed by atoms with E-state index in [1.165, 1.54) is 7.11 Å². The van der Waals surface area contributed by atoms with E-state index in [-0.39, 0.29) is 36.0 Å². The van der Waals surface area contributed by atoms with Crippen LogP contribution in [-0.2, 0) is 21.4 Å². The molecule has 6 rings (SSSR count). The minimum atomic E-state index is -3.29. The first kappa shape index (κ1) is 28.8. The molecule has 2 amide bonds. The summed E-state index contributed by atoms with van der Waals surface area (Å²) in [7, 11) is -1.76. The fraction of sp³-hybridized carbons (Fsp3) is 0.533. The van der Waals surface area contributed by atoms with E-state index >= 15 is 0 Å². The summed E-state index contributed by atoms with van der Waals surface area (Å²) in [6.07, 6.45) is 2.70. The van der Waals surface area contributed by atoms with Crippen molar-refractivity contribution in [1.29, 1.82) is 0 Å². The Morgan fingerprint density at radius 2 is 1.76 bits per heavy atom. The van der Waals surface area contributed by atoms with Gasteiger partial charge in [0, 0.05) is 50.4 Å². The summed E-state index contributed by atoms with van der Waals surface area (Å²) >= 11 is 0. The fourth-order valence-corrected chi connectivity index (χ4v) is 8.32. The van der Waals surface area contributed by atoms with Gasteiger partial charge in [-0.3, -0.25) is 9.69 Å². The first-order chi connectivity index (χ1) is 20.3. The van der Waals surface area contributed by atoms with Crippen LogP contribution in [0.15, 0.2) is 42.5 Å². The van der Waals surface area contributed by atoms with Crippen molar-refractivity contribution < 1.29 is 32.2 Å². The van der Waals surface area contributed by atoms with Crippen molar-refractivity contribution in [3.8, 4) is 11.5 Å². The fourth-order valence-electron chi connectivity index (χ4n) is 6.43. The van der Waals surface area contributed by atoms with Gasteiger partial charge < -0.3 is 24.4 Å². The largest absolute Gasteiger partial charge is 0.496 e. The number of carbonyl (C=O) groups is 2. The SMILES string of the molecule is COc1cc(OC2CCN(S(=O)(=O)C3CCNC3)CC2)ccc1C(=O)N1CCC(N2C(=O)OCc3ccccc32)CC1. The summed E-state index contributed by atoms with van der Waals surface area (Å²) in [5.74, 6) is 0.894. The Labute approximate surface area is 246 Å². The number of hydrogen-bond donors (Lipinski definition) is 1. The number of benzene rings is 2. The number of para-hydroxylation sites is 1. The van der Waals surface area contributed by atoms with Crippen LogP contribution < -0.4 is 19.7 Å². The van der Waals surface area contributed by atoms with Crippen LogP contribution in [-0.4, -0.2) is 93.4 Å². The molecule has 4 heterocycles. The molecule has 4 aliphatic rings. The zero-order chi connectivity index (χ0) is 29.3. The van der Waals surface area contributed by atoms with Crippen LogP contribution in [0.25, 0.3) is 0 Å². The van der Waals surface area contributed by atoms with Gasteiger partial charge >= 0.3 is 6.09 Å². The van der Waals surface area contributed by atoms with Gasteiger partial charge in [-0.25, -0.2) is 17.5 Å². The van der Waals surface area contributed by atoms with E-state index in [0.717, 1.165) is 17.8 Å². The van der Waals surface area contributed by atoms with Crippen LogP contribution in [0.3, 0.4) is 0 Å². The lowest BCUT2D eigenvalue weighted by atomic mass is 10.00. The van der Waals surface area contributed by atoms with Gasteiger partial charge in [0.15, 0.2) is 0 Å². The normalized spacial score (nSPS) is 22.5. The van der Waals surface area contributed by atoms with Gasteiger partial charge in [0.25, 0.3) is 5.91 Å². The van der Waals surface area contributed by atoms with Crippen molar-refractivity contribution in [1.82, 2.24) is 14.5 Å². The molecule has 11 nitrogen and oxygen atoms in total. The number of hydrogen-bond acceptors (Lipinski definition) is 8. The molecular formula is C30H38N4O7S. The molecule has 2 aromatic carbocycles. The lowest BCUT2D eigenvalue weighted by molar-refractivity contribution is 0.0705. The van der Waals surface area contributed by atoms with Gasteiger partial charge in [-0.05, 0) is 56.8 Å². The van der Waals surface area contributed by atoms with E-state index in [1.807, 2.05) is 24.3 Å². The second kappa shape index (κ2) is 12.1. The standard InChI is InChI=1S/C30H38N4O7S/c1-39-28-18-24(41-23-11-16-33(17-12-23)42(37,38)25-8-13-31-19-25)6-7-26(28)29(35)32-14-9-22(10-15-32)34-27-5-3-2-4-21(27)20-40-30(34)36/h2-7,18,22-23,25,31H,8-17,19-20H2,1H3.